The zero-order chi connectivity index (χ0) is 22.6. The van der Waals surface area contributed by atoms with Crippen molar-refractivity contribution in [1.82, 2.24) is 0 Å². The minimum atomic E-state index is -4.02. The van der Waals surface area contributed by atoms with Crippen LogP contribution in [0.4, 0.5) is 11.4 Å². The molecule has 0 saturated heterocycles. The minimum absolute atomic E-state index is 0.0472. The van der Waals surface area contributed by atoms with Crippen LogP contribution in [0.25, 0.3) is 0 Å². The lowest BCUT2D eigenvalue weighted by atomic mass is 10.2. The Labute approximate surface area is 184 Å². The summed E-state index contributed by atoms with van der Waals surface area (Å²) in [5, 5.41) is 0.361. The number of hydrogen-bond acceptors (Lipinski definition) is 6. The van der Waals surface area contributed by atoms with E-state index in [0.29, 0.717) is 5.02 Å². The summed E-state index contributed by atoms with van der Waals surface area (Å²) in [4.78, 5) is 11.2. The molecule has 0 radical (unpaired) electrons. The highest BCUT2D eigenvalue weighted by Gasteiger charge is 2.19. The van der Waals surface area contributed by atoms with Crippen LogP contribution in [0.5, 0.6) is 0 Å². The maximum absolute atomic E-state index is 12.7. The Bertz CT molecular complexity index is 1320. The maximum atomic E-state index is 12.7. The molecule has 0 fully saturated rings. The van der Waals surface area contributed by atoms with Crippen LogP contribution >= 0.6 is 11.6 Å². The first-order valence-corrected chi connectivity index (χ1v) is 12.0. The number of carbonyl (C=O) groups excluding carboxylic acids is 1. The van der Waals surface area contributed by atoms with Crippen molar-refractivity contribution in [2.45, 2.75) is 9.79 Å². The number of sulfonamides is 2. The van der Waals surface area contributed by atoms with E-state index in [1.807, 2.05) is 0 Å². The molecule has 0 aromatic heterocycles. The number of esters is 1. The van der Waals surface area contributed by atoms with Gasteiger partial charge in [-0.15, -0.1) is 0 Å². The second kappa shape index (κ2) is 8.96. The third kappa shape index (κ3) is 5.54. The molecule has 31 heavy (non-hydrogen) atoms. The van der Waals surface area contributed by atoms with Gasteiger partial charge in [-0.05, 0) is 60.7 Å². The van der Waals surface area contributed by atoms with Gasteiger partial charge in [0.1, 0.15) is 0 Å². The number of anilines is 2. The van der Waals surface area contributed by atoms with Gasteiger partial charge in [-0.2, -0.15) is 0 Å². The van der Waals surface area contributed by atoms with Crippen LogP contribution in [0.3, 0.4) is 0 Å². The van der Waals surface area contributed by atoms with Crippen LogP contribution in [-0.4, -0.2) is 29.9 Å². The van der Waals surface area contributed by atoms with Crippen molar-refractivity contribution >= 4 is 49.0 Å². The lowest BCUT2D eigenvalue weighted by Gasteiger charge is -2.12. The molecule has 8 nitrogen and oxygen atoms in total. The molecule has 2 N–H and O–H groups in total. The van der Waals surface area contributed by atoms with Gasteiger partial charge in [-0.25, -0.2) is 21.6 Å². The van der Waals surface area contributed by atoms with Crippen molar-refractivity contribution < 1.29 is 26.4 Å². The molecule has 11 heteroatoms. The largest absolute Gasteiger partial charge is 0.465 e. The van der Waals surface area contributed by atoms with Gasteiger partial charge in [0.2, 0.25) is 0 Å². The molecule has 0 bridgehead atoms. The second-order valence-electron chi connectivity index (χ2n) is 6.27. The first kappa shape index (κ1) is 22.6. The van der Waals surface area contributed by atoms with E-state index in [9.17, 15) is 21.6 Å². The van der Waals surface area contributed by atoms with Crippen molar-refractivity contribution in [2.24, 2.45) is 0 Å². The first-order valence-electron chi connectivity index (χ1n) is 8.70. The Morgan fingerprint density at radius 2 is 1.32 bits per heavy atom. The fourth-order valence-electron chi connectivity index (χ4n) is 2.59. The average Bonchev–Trinajstić information content (AvgIpc) is 2.73. The van der Waals surface area contributed by atoms with Gasteiger partial charge in [0.15, 0.2) is 0 Å². The quantitative estimate of drug-likeness (QED) is 0.497. The molecule has 162 valence electrons. The standard InChI is InChI=1S/C20H17ClN2O6S2/c1-29-20(24)14-8-10-18(11-9-14)30(25,26)23-17-6-3-7-19(13-17)31(27,28)22-16-5-2-4-15(21)12-16/h2-13,22-23H,1H3. The summed E-state index contributed by atoms with van der Waals surface area (Å²) in [6, 6.07) is 16.6. The molecule has 0 atom stereocenters. The van der Waals surface area contributed by atoms with E-state index in [-0.39, 0.29) is 26.7 Å². The van der Waals surface area contributed by atoms with Gasteiger partial charge < -0.3 is 4.74 Å². The Morgan fingerprint density at radius 1 is 0.774 bits per heavy atom. The molecule has 0 aliphatic rings. The highest BCUT2D eigenvalue weighted by atomic mass is 35.5. The Morgan fingerprint density at radius 3 is 1.90 bits per heavy atom. The third-order valence-corrected chi connectivity index (χ3v) is 7.07. The molecule has 3 aromatic carbocycles. The molecule has 3 rings (SSSR count). The van der Waals surface area contributed by atoms with Gasteiger partial charge in [-0.1, -0.05) is 23.7 Å². The predicted octanol–water partition coefficient (Wildman–Crippen LogP) is 3.73. The predicted molar refractivity (Wildman–Crippen MR) is 117 cm³/mol. The van der Waals surface area contributed by atoms with Crippen LogP contribution in [0, 0.1) is 0 Å². The molecule has 0 aliphatic carbocycles. The molecular formula is C20H17ClN2O6S2. The second-order valence-corrected chi connectivity index (χ2v) is 10.1. The van der Waals surface area contributed by atoms with Crippen molar-refractivity contribution in [3.63, 3.8) is 0 Å². The van der Waals surface area contributed by atoms with Gasteiger partial charge in [0, 0.05) is 5.02 Å². The average molecular weight is 481 g/mol. The summed E-state index contributed by atoms with van der Waals surface area (Å²) in [5.41, 5.74) is 0.511. The number of nitrogens with one attached hydrogen (secondary N) is 2. The van der Waals surface area contributed by atoms with E-state index in [2.05, 4.69) is 14.2 Å². The summed E-state index contributed by atoms with van der Waals surface area (Å²) in [5.74, 6) is -0.595. The molecule has 0 saturated carbocycles. The smallest absolute Gasteiger partial charge is 0.337 e. The Kier molecular flexibility index (Phi) is 6.54. The number of ether oxygens (including phenoxy) is 1. The molecule has 0 heterocycles. The fraction of sp³-hybridized carbons (Fsp3) is 0.0500. The molecular weight excluding hydrogens is 464 g/mol. The van der Waals surface area contributed by atoms with Crippen molar-refractivity contribution in [3.8, 4) is 0 Å². The summed E-state index contributed by atoms with van der Waals surface area (Å²) < 4.78 is 59.9. The lowest BCUT2D eigenvalue weighted by Crippen LogP contribution is -2.15. The summed E-state index contributed by atoms with van der Waals surface area (Å²) in [6.07, 6.45) is 0. The van der Waals surface area contributed by atoms with Crippen LogP contribution in [0.2, 0.25) is 5.02 Å². The van der Waals surface area contributed by atoms with Gasteiger partial charge in [0.25, 0.3) is 20.0 Å². The minimum Gasteiger partial charge on any atom is -0.465 e. The number of carbonyl (C=O) groups is 1. The van der Waals surface area contributed by atoms with Crippen LogP contribution < -0.4 is 9.44 Å². The monoisotopic (exact) mass is 480 g/mol. The number of halogens is 1. The van der Waals surface area contributed by atoms with Gasteiger partial charge in [-0.3, -0.25) is 9.44 Å². The lowest BCUT2D eigenvalue weighted by molar-refractivity contribution is 0.0600. The van der Waals surface area contributed by atoms with Crippen molar-refractivity contribution in [2.75, 3.05) is 16.6 Å². The number of methoxy groups -OCH3 is 1. The number of rotatable bonds is 7. The van der Waals surface area contributed by atoms with E-state index in [1.165, 1.54) is 67.8 Å². The first-order chi connectivity index (χ1) is 14.6. The van der Waals surface area contributed by atoms with Crippen LogP contribution in [0.1, 0.15) is 10.4 Å². The van der Waals surface area contributed by atoms with Crippen molar-refractivity contribution in [1.29, 1.82) is 0 Å². The fourth-order valence-corrected chi connectivity index (χ4v) is 4.93. The number of hydrogen-bond donors (Lipinski definition) is 2. The van der Waals surface area contributed by atoms with Crippen LogP contribution in [-0.2, 0) is 24.8 Å². The molecule has 3 aromatic rings. The highest BCUT2D eigenvalue weighted by Crippen LogP contribution is 2.23. The zero-order valence-corrected chi connectivity index (χ0v) is 18.5. The van der Waals surface area contributed by atoms with E-state index in [4.69, 9.17) is 11.6 Å². The van der Waals surface area contributed by atoms with E-state index >= 15 is 0 Å². The van der Waals surface area contributed by atoms with Crippen LogP contribution in [0.15, 0.2) is 82.6 Å². The topological polar surface area (TPSA) is 119 Å². The SMILES string of the molecule is COC(=O)c1ccc(S(=O)(=O)Nc2cccc(S(=O)(=O)Nc3cccc(Cl)c3)c2)cc1. The molecule has 0 amide bonds. The van der Waals surface area contributed by atoms with Gasteiger partial charge >= 0.3 is 5.97 Å². The Hall–Kier alpha value is -3.08. The highest BCUT2D eigenvalue weighted by molar-refractivity contribution is 7.93. The summed E-state index contributed by atoms with van der Waals surface area (Å²) >= 11 is 5.87. The summed E-state index contributed by atoms with van der Waals surface area (Å²) in [7, 11) is -6.79. The maximum Gasteiger partial charge on any atom is 0.337 e. The van der Waals surface area contributed by atoms with E-state index in [1.54, 1.807) is 12.1 Å². The number of benzene rings is 3. The molecule has 0 spiro atoms. The Balaban J connectivity index is 1.83. The molecule has 0 unspecified atom stereocenters. The normalized spacial score (nSPS) is 11.5. The zero-order valence-electron chi connectivity index (χ0n) is 16.1. The van der Waals surface area contributed by atoms with E-state index in [0.717, 1.165) is 0 Å². The summed E-state index contributed by atoms with van der Waals surface area (Å²) in [6.45, 7) is 0. The third-order valence-electron chi connectivity index (χ3n) is 4.06. The van der Waals surface area contributed by atoms with Crippen molar-refractivity contribution in [3.05, 3.63) is 83.4 Å². The van der Waals surface area contributed by atoms with Gasteiger partial charge in [0.05, 0.1) is 33.8 Å². The van der Waals surface area contributed by atoms with E-state index < -0.39 is 26.0 Å². The molecule has 0 aliphatic heterocycles.